The zero-order valence-corrected chi connectivity index (χ0v) is 10.8. The SMILES string of the molecule is CNC(=O)Nc1cccc(NC(=O)C2CCCN2)c1. The average Bonchev–Trinajstić information content (AvgIpc) is 2.93. The highest BCUT2D eigenvalue weighted by molar-refractivity contribution is 5.96. The van der Waals surface area contributed by atoms with Crippen LogP contribution in [0.2, 0.25) is 0 Å². The fourth-order valence-electron chi connectivity index (χ4n) is 2.01. The Kier molecular flexibility index (Phi) is 4.35. The molecule has 0 saturated carbocycles. The van der Waals surface area contributed by atoms with Crippen molar-refractivity contribution in [2.75, 3.05) is 24.2 Å². The molecule has 1 atom stereocenters. The summed E-state index contributed by atoms with van der Waals surface area (Å²) in [7, 11) is 1.55. The molecule has 0 aliphatic carbocycles. The summed E-state index contributed by atoms with van der Waals surface area (Å²) in [6.45, 7) is 0.885. The van der Waals surface area contributed by atoms with Crippen LogP contribution in [0.3, 0.4) is 0 Å². The molecule has 1 saturated heterocycles. The lowest BCUT2D eigenvalue weighted by Gasteiger charge is -2.12. The first-order valence-corrected chi connectivity index (χ1v) is 6.32. The van der Waals surface area contributed by atoms with E-state index in [0.717, 1.165) is 19.4 Å². The molecule has 19 heavy (non-hydrogen) atoms. The van der Waals surface area contributed by atoms with Crippen molar-refractivity contribution in [2.45, 2.75) is 18.9 Å². The Morgan fingerprint density at radius 1 is 1.26 bits per heavy atom. The van der Waals surface area contributed by atoms with Crippen LogP contribution in [0.25, 0.3) is 0 Å². The van der Waals surface area contributed by atoms with E-state index in [9.17, 15) is 9.59 Å². The normalized spacial score (nSPS) is 17.8. The molecule has 6 heteroatoms. The zero-order valence-electron chi connectivity index (χ0n) is 10.8. The number of hydrogen-bond acceptors (Lipinski definition) is 3. The second-order valence-electron chi connectivity index (χ2n) is 4.42. The van der Waals surface area contributed by atoms with Crippen molar-refractivity contribution < 1.29 is 9.59 Å². The highest BCUT2D eigenvalue weighted by Gasteiger charge is 2.21. The standard InChI is InChI=1S/C13H18N4O2/c1-14-13(19)17-10-5-2-4-9(8-10)16-12(18)11-6-3-7-15-11/h2,4-5,8,11,15H,3,6-7H2,1H3,(H,16,18)(H2,14,17,19). The van der Waals surface area contributed by atoms with Gasteiger partial charge in [0.25, 0.3) is 0 Å². The van der Waals surface area contributed by atoms with Crippen LogP contribution in [0.4, 0.5) is 16.2 Å². The molecular weight excluding hydrogens is 244 g/mol. The minimum Gasteiger partial charge on any atom is -0.341 e. The number of hydrogen-bond donors (Lipinski definition) is 4. The quantitative estimate of drug-likeness (QED) is 0.659. The van der Waals surface area contributed by atoms with Gasteiger partial charge in [0.05, 0.1) is 6.04 Å². The van der Waals surface area contributed by atoms with Crippen LogP contribution in [0.1, 0.15) is 12.8 Å². The van der Waals surface area contributed by atoms with Crippen molar-refractivity contribution in [3.8, 4) is 0 Å². The maximum Gasteiger partial charge on any atom is 0.318 e. The van der Waals surface area contributed by atoms with Gasteiger partial charge in [0.2, 0.25) is 5.91 Å². The third-order valence-corrected chi connectivity index (χ3v) is 2.99. The van der Waals surface area contributed by atoms with Gasteiger partial charge in [-0.3, -0.25) is 4.79 Å². The van der Waals surface area contributed by atoms with Crippen molar-refractivity contribution in [1.29, 1.82) is 0 Å². The number of carbonyl (C=O) groups excluding carboxylic acids is 2. The van der Waals surface area contributed by atoms with Gasteiger partial charge in [-0.2, -0.15) is 0 Å². The van der Waals surface area contributed by atoms with Crippen LogP contribution < -0.4 is 21.3 Å². The van der Waals surface area contributed by atoms with Crippen molar-refractivity contribution in [3.05, 3.63) is 24.3 Å². The summed E-state index contributed by atoms with van der Waals surface area (Å²) < 4.78 is 0. The first kappa shape index (κ1) is 13.4. The molecule has 1 fully saturated rings. The van der Waals surface area contributed by atoms with Crippen molar-refractivity contribution in [2.24, 2.45) is 0 Å². The van der Waals surface area contributed by atoms with Crippen LogP contribution in [-0.2, 0) is 4.79 Å². The summed E-state index contributed by atoms with van der Waals surface area (Å²) in [5.74, 6) is -0.0328. The molecule has 0 aromatic heterocycles. The number of amides is 3. The number of anilines is 2. The molecule has 1 heterocycles. The highest BCUT2D eigenvalue weighted by atomic mass is 16.2. The van der Waals surface area contributed by atoms with Crippen molar-refractivity contribution in [1.82, 2.24) is 10.6 Å². The fraction of sp³-hybridized carbons (Fsp3) is 0.385. The van der Waals surface area contributed by atoms with Gasteiger partial charge in [0, 0.05) is 18.4 Å². The van der Waals surface area contributed by atoms with Crippen LogP contribution in [0.15, 0.2) is 24.3 Å². The first-order chi connectivity index (χ1) is 9.19. The Morgan fingerprint density at radius 3 is 2.63 bits per heavy atom. The zero-order chi connectivity index (χ0) is 13.7. The smallest absolute Gasteiger partial charge is 0.318 e. The predicted molar refractivity (Wildman–Crippen MR) is 74.2 cm³/mol. The molecule has 6 nitrogen and oxygen atoms in total. The minimum atomic E-state index is -0.291. The van der Waals surface area contributed by atoms with Crippen LogP contribution in [-0.4, -0.2) is 31.6 Å². The molecule has 1 aromatic rings. The summed E-state index contributed by atoms with van der Waals surface area (Å²) in [6, 6.07) is 6.66. The van der Waals surface area contributed by atoms with Gasteiger partial charge in [-0.1, -0.05) is 6.07 Å². The monoisotopic (exact) mass is 262 g/mol. The third-order valence-electron chi connectivity index (χ3n) is 2.99. The summed E-state index contributed by atoms with van der Waals surface area (Å²) in [5.41, 5.74) is 1.31. The largest absolute Gasteiger partial charge is 0.341 e. The van der Waals surface area contributed by atoms with Crippen LogP contribution in [0.5, 0.6) is 0 Å². The minimum absolute atomic E-state index is 0.0328. The lowest BCUT2D eigenvalue weighted by atomic mass is 10.2. The van der Waals surface area contributed by atoms with Crippen molar-refractivity contribution >= 4 is 23.3 Å². The molecule has 1 aliphatic rings. The molecule has 2 rings (SSSR count). The van der Waals surface area contributed by atoms with E-state index in [1.807, 2.05) is 0 Å². The number of benzene rings is 1. The number of nitrogens with one attached hydrogen (secondary N) is 4. The topological polar surface area (TPSA) is 82.3 Å². The van der Waals surface area contributed by atoms with E-state index in [1.165, 1.54) is 0 Å². The van der Waals surface area contributed by atoms with Gasteiger partial charge >= 0.3 is 6.03 Å². The number of rotatable bonds is 3. The maximum atomic E-state index is 11.9. The molecule has 3 amide bonds. The highest BCUT2D eigenvalue weighted by Crippen LogP contribution is 2.16. The van der Waals surface area contributed by atoms with Gasteiger partial charge in [-0.15, -0.1) is 0 Å². The van der Waals surface area contributed by atoms with E-state index in [0.29, 0.717) is 11.4 Å². The van der Waals surface area contributed by atoms with E-state index >= 15 is 0 Å². The maximum absolute atomic E-state index is 11.9. The van der Waals surface area contributed by atoms with E-state index in [1.54, 1.807) is 31.3 Å². The van der Waals surface area contributed by atoms with Gasteiger partial charge in [-0.25, -0.2) is 4.79 Å². The Hall–Kier alpha value is -2.08. The molecule has 0 spiro atoms. The third kappa shape index (κ3) is 3.69. The molecule has 4 N–H and O–H groups in total. The number of carbonyl (C=O) groups is 2. The molecule has 1 unspecified atom stereocenters. The fourth-order valence-corrected chi connectivity index (χ4v) is 2.01. The van der Waals surface area contributed by atoms with E-state index in [-0.39, 0.29) is 18.0 Å². The van der Waals surface area contributed by atoms with Gasteiger partial charge in [-0.05, 0) is 37.6 Å². The lowest BCUT2D eigenvalue weighted by Crippen LogP contribution is -2.35. The lowest BCUT2D eigenvalue weighted by molar-refractivity contribution is -0.117. The van der Waals surface area contributed by atoms with Gasteiger partial charge < -0.3 is 21.3 Å². The summed E-state index contributed by atoms with van der Waals surface area (Å²) >= 11 is 0. The number of urea groups is 1. The van der Waals surface area contributed by atoms with E-state index in [4.69, 9.17) is 0 Å². The molecule has 0 radical (unpaired) electrons. The Labute approximate surface area is 112 Å². The van der Waals surface area contributed by atoms with Crippen molar-refractivity contribution in [3.63, 3.8) is 0 Å². The van der Waals surface area contributed by atoms with E-state index in [2.05, 4.69) is 21.3 Å². The molecule has 0 bridgehead atoms. The summed E-state index contributed by atoms with van der Waals surface area (Å²) in [5, 5.41) is 11.1. The van der Waals surface area contributed by atoms with Crippen LogP contribution in [0, 0.1) is 0 Å². The molecule has 102 valence electrons. The first-order valence-electron chi connectivity index (χ1n) is 6.32. The molecule has 1 aromatic carbocycles. The molecular formula is C13H18N4O2. The van der Waals surface area contributed by atoms with Crippen LogP contribution >= 0.6 is 0 Å². The predicted octanol–water partition coefficient (Wildman–Crippen LogP) is 1.13. The van der Waals surface area contributed by atoms with Gasteiger partial charge in [0.15, 0.2) is 0 Å². The summed E-state index contributed by atoms with van der Waals surface area (Å²) in [4.78, 5) is 23.1. The van der Waals surface area contributed by atoms with Gasteiger partial charge in [0.1, 0.15) is 0 Å². The van der Waals surface area contributed by atoms with E-state index < -0.39 is 0 Å². The average molecular weight is 262 g/mol. The molecule has 1 aliphatic heterocycles. The second-order valence-corrected chi connectivity index (χ2v) is 4.42. The Bertz CT molecular complexity index is 469. The Morgan fingerprint density at radius 2 is 2.00 bits per heavy atom. The Balaban J connectivity index is 1.98. The second kappa shape index (κ2) is 6.19. The summed E-state index contributed by atoms with van der Waals surface area (Å²) in [6.07, 6.45) is 1.89.